The van der Waals surface area contributed by atoms with E-state index >= 15 is 0 Å². The van der Waals surface area contributed by atoms with Crippen molar-refractivity contribution >= 4 is 14.0 Å². The van der Waals surface area contributed by atoms with Crippen LogP contribution in [0.25, 0.3) is 0 Å². The van der Waals surface area contributed by atoms with Crippen LogP contribution in [0.2, 0.25) is 6.55 Å². The summed E-state index contributed by atoms with van der Waals surface area (Å²) in [7, 11) is -0.941. The minimum atomic E-state index is -0.941. The Morgan fingerprint density at radius 3 is 2.44 bits per heavy atom. The second-order valence-electron chi connectivity index (χ2n) is 1.57. The van der Waals surface area contributed by atoms with Gasteiger partial charge in [0.1, 0.15) is 5.76 Å². The lowest BCUT2D eigenvalue weighted by Gasteiger charge is -1.98. The van der Waals surface area contributed by atoms with Gasteiger partial charge in [-0.1, -0.05) is 18.9 Å². The van der Waals surface area contributed by atoms with Crippen molar-refractivity contribution in [1.29, 1.82) is 0 Å². The van der Waals surface area contributed by atoms with Crippen LogP contribution >= 0.6 is 0 Å². The van der Waals surface area contributed by atoms with Crippen molar-refractivity contribution < 1.29 is 4.43 Å². The lowest BCUT2D eigenvalue weighted by Crippen LogP contribution is -1.99. The lowest BCUT2D eigenvalue weighted by molar-refractivity contribution is 0.457. The van der Waals surface area contributed by atoms with Crippen molar-refractivity contribution in [3.63, 3.8) is 0 Å². The molecule has 1 nitrogen and oxygen atoms in total. The molecule has 9 heavy (non-hydrogen) atoms. The maximum Gasteiger partial charge on any atom is 0.290 e. The molecular formula is C7H10OSi. The van der Waals surface area contributed by atoms with Gasteiger partial charge in [0.25, 0.3) is 8.65 Å². The summed E-state index contributed by atoms with van der Waals surface area (Å²) in [5.74, 6) is 0.725. The fourth-order valence-electron chi connectivity index (χ4n) is 0.302. The molecule has 0 amide bonds. The molecule has 0 bridgehead atoms. The third-order valence-electron chi connectivity index (χ3n) is 0.804. The molecule has 0 aliphatic heterocycles. The minimum absolute atomic E-state index is 0.725. The minimum Gasteiger partial charge on any atom is -0.507 e. The number of hydrogen-bond donors (Lipinski definition) is 0. The van der Waals surface area contributed by atoms with Crippen LogP contribution in [0.15, 0.2) is 24.6 Å². The Kier molecular flexibility index (Phi) is 3.73. The van der Waals surface area contributed by atoms with Gasteiger partial charge in [0.05, 0.1) is 0 Å². The molecule has 0 aromatic rings. The van der Waals surface area contributed by atoms with Gasteiger partial charge in [-0.2, -0.15) is 0 Å². The van der Waals surface area contributed by atoms with E-state index in [0.717, 1.165) is 5.76 Å². The van der Waals surface area contributed by atoms with Crippen LogP contribution in [-0.2, 0) is 4.43 Å². The summed E-state index contributed by atoms with van der Waals surface area (Å²) in [5.41, 5.74) is 2.63. The largest absolute Gasteiger partial charge is 0.507 e. The zero-order chi connectivity index (χ0) is 7.28. The van der Waals surface area contributed by atoms with Crippen molar-refractivity contribution in [2.45, 2.75) is 13.5 Å². The highest BCUT2D eigenvalue weighted by molar-refractivity contribution is 6.57. The summed E-state index contributed by atoms with van der Waals surface area (Å²) in [6.07, 6.45) is 0. The van der Waals surface area contributed by atoms with Crippen LogP contribution in [0, 0.1) is 0 Å². The molecule has 0 aromatic carbocycles. The topological polar surface area (TPSA) is 9.23 Å². The summed E-state index contributed by atoms with van der Waals surface area (Å²) in [6.45, 7) is 10.7. The molecule has 2 heteroatoms. The van der Waals surface area contributed by atoms with E-state index in [-0.39, 0.29) is 0 Å². The molecule has 0 atom stereocenters. The summed E-state index contributed by atoms with van der Waals surface area (Å²) in [4.78, 5) is 0. The van der Waals surface area contributed by atoms with E-state index in [1.807, 2.05) is 13.5 Å². The van der Waals surface area contributed by atoms with Crippen molar-refractivity contribution in [3.8, 4) is 0 Å². The average Bonchev–Trinajstić information content (AvgIpc) is 1.87. The molecule has 0 radical (unpaired) electrons. The smallest absolute Gasteiger partial charge is 0.290 e. The molecule has 0 aliphatic carbocycles. The molecule has 0 aliphatic rings. The first kappa shape index (κ1) is 8.19. The fourth-order valence-corrected chi connectivity index (χ4v) is 0.905. The van der Waals surface area contributed by atoms with E-state index in [4.69, 9.17) is 4.43 Å². The van der Waals surface area contributed by atoms with E-state index in [1.165, 1.54) is 0 Å². The van der Waals surface area contributed by atoms with Gasteiger partial charge in [0.15, 0.2) is 0 Å². The van der Waals surface area contributed by atoms with Crippen molar-refractivity contribution in [2.24, 2.45) is 0 Å². The number of hydrogen-bond acceptors (Lipinski definition) is 1. The van der Waals surface area contributed by atoms with E-state index in [0.29, 0.717) is 0 Å². The Morgan fingerprint density at radius 2 is 2.11 bits per heavy atom. The number of rotatable bonds is 2. The summed E-state index contributed by atoms with van der Waals surface area (Å²) >= 11 is 0. The maximum atomic E-state index is 5.22. The Bertz CT molecular complexity index is 171. The van der Waals surface area contributed by atoms with E-state index in [9.17, 15) is 0 Å². The lowest BCUT2D eigenvalue weighted by atomic mass is 10.6. The van der Waals surface area contributed by atoms with E-state index in [1.54, 1.807) is 0 Å². The molecule has 48 valence electrons. The van der Waals surface area contributed by atoms with Crippen molar-refractivity contribution in [3.05, 3.63) is 24.6 Å². The van der Waals surface area contributed by atoms with Crippen LogP contribution in [-0.4, -0.2) is 14.0 Å². The molecule has 0 heterocycles. The molecule has 0 fully saturated rings. The molecule has 0 saturated carbocycles. The van der Waals surface area contributed by atoms with Gasteiger partial charge in [0, 0.05) is 6.92 Å². The van der Waals surface area contributed by atoms with Gasteiger partial charge in [-0.05, 0) is 6.55 Å². The van der Waals surface area contributed by atoms with Gasteiger partial charge in [0.2, 0.25) is 0 Å². The maximum absolute atomic E-state index is 5.22. The standard InChI is InChI=1S/C7H10OSi/c1-5-7(3)8-9(4)6-2/h1-2H2,3-4H3. The van der Waals surface area contributed by atoms with Crippen LogP contribution in [0.5, 0.6) is 0 Å². The van der Waals surface area contributed by atoms with Gasteiger partial charge in [-0.25, -0.2) is 0 Å². The third kappa shape index (κ3) is 3.74. The second kappa shape index (κ2) is 4.10. The molecule has 0 aromatic heterocycles. The first-order chi connectivity index (χ1) is 4.20. The average molecular weight is 138 g/mol. The summed E-state index contributed by atoms with van der Waals surface area (Å²) < 4.78 is 5.22. The van der Waals surface area contributed by atoms with Crippen LogP contribution in [0.4, 0.5) is 0 Å². The summed E-state index contributed by atoms with van der Waals surface area (Å²) in [6, 6.07) is 0. The first-order valence-electron chi connectivity index (χ1n) is 2.62. The molecule has 0 saturated heterocycles. The fraction of sp³-hybridized carbons (Fsp3) is 0.286. The van der Waals surface area contributed by atoms with Gasteiger partial charge >= 0.3 is 0 Å². The predicted octanol–water partition coefficient (Wildman–Crippen LogP) is 1.48. The monoisotopic (exact) mass is 138 g/mol. The molecule has 0 spiro atoms. The predicted molar refractivity (Wildman–Crippen MR) is 41.7 cm³/mol. The molecule has 0 rings (SSSR count). The SMILES string of the molecule is C=C=C(C)O[Si](C)=C=C. The molecule has 0 unspecified atom stereocenters. The zero-order valence-electron chi connectivity index (χ0n) is 5.82. The highest BCUT2D eigenvalue weighted by atomic mass is 28.3. The third-order valence-corrected chi connectivity index (χ3v) is 1.91. The highest BCUT2D eigenvalue weighted by Gasteiger charge is 1.88. The van der Waals surface area contributed by atoms with Crippen LogP contribution in [0.1, 0.15) is 6.92 Å². The Hall–Kier alpha value is -0.813. The van der Waals surface area contributed by atoms with Crippen molar-refractivity contribution in [1.82, 2.24) is 0 Å². The molecular weight excluding hydrogens is 128 g/mol. The van der Waals surface area contributed by atoms with Gasteiger partial charge in [-0.3, -0.25) is 0 Å². The Balaban J connectivity index is 4.05. The van der Waals surface area contributed by atoms with Gasteiger partial charge < -0.3 is 4.43 Å². The molecule has 0 N–H and O–H groups in total. The van der Waals surface area contributed by atoms with Crippen LogP contribution in [0.3, 0.4) is 0 Å². The van der Waals surface area contributed by atoms with E-state index < -0.39 is 8.65 Å². The Morgan fingerprint density at radius 1 is 1.56 bits per heavy atom. The van der Waals surface area contributed by atoms with Gasteiger partial charge in [-0.15, -0.1) is 5.33 Å². The normalized spacial score (nSPS) is 6.89. The zero-order valence-corrected chi connectivity index (χ0v) is 6.82. The summed E-state index contributed by atoms with van der Waals surface area (Å²) in [5, 5.41) is 2.77. The van der Waals surface area contributed by atoms with E-state index in [2.05, 4.69) is 24.2 Å². The van der Waals surface area contributed by atoms with Crippen LogP contribution < -0.4 is 0 Å². The Labute approximate surface area is 57.3 Å². The van der Waals surface area contributed by atoms with Crippen molar-refractivity contribution in [2.75, 3.05) is 0 Å². The highest BCUT2D eigenvalue weighted by Crippen LogP contribution is 1.89. The number of allylic oxidation sites excluding steroid dienone is 1. The second-order valence-corrected chi connectivity index (χ2v) is 3.24. The quantitative estimate of drug-likeness (QED) is 0.319. The first-order valence-corrected chi connectivity index (χ1v) is 4.52.